The highest BCUT2D eigenvalue weighted by Gasteiger charge is 2.12. The van der Waals surface area contributed by atoms with E-state index in [0.717, 1.165) is 0 Å². The molecule has 5 nitrogen and oxygen atoms in total. The minimum atomic E-state index is -0.520. The number of halogens is 1. The van der Waals surface area contributed by atoms with Gasteiger partial charge in [-0.2, -0.15) is 0 Å². The molecule has 1 amide bonds. The molecule has 0 radical (unpaired) electrons. The van der Waals surface area contributed by atoms with Gasteiger partial charge in [-0.05, 0) is 48.1 Å². The number of amides is 1. The lowest BCUT2D eigenvalue weighted by Gasteiger charge is -2.11. The third kappa shape index (κ3) is 5.50. The number of carbonyl (C=O) groups is 2. The van der Waals surface area contributed by atoms with Crippen molar-refractivity contribution in [2.24, 2.45) is 0 Å². The van der Waals surface area contributed by atoms with E-state index in [2.05, 4.69) is 15.4 Å². The molecular weight excluding hydrogens is 343 g/mol. The van der Waals surface area contributed by atoms with Crippen LogP contribution in [-0.2, 0) is 9.53 Å². The zero-order valence-electron chi connectivity index (χ0n) is 13.3. The number of thiocarbonyl (C=S) groups is 1. The summed E-state index contributed by atoms with van der Waals surface area (Å²) in [6, 6.07) is 12.3. The Labute approximate surface area is 149 Å². The van der Waals surface area contributed by atoms with E-state index in [1.54, 1.807) is 36.4 Å². The molecule has 25 heavy (non-hydrogen) atoms. The predicted molar refractivity (Wildman–Crippen MR) is 97.6 cm³/mol. The second-order valence-corrected chi connectivity index (χ2v) is 5.27. The van der Waals surface area contributed by atoms with Crippen LogP contribution in [0.4, 0.5) is 10.1 Å². The SMILES string of the molecule is COC(=O)c1ccccc1NC(=S)NC(=O)/C=C/c1ccc(F)cc1. The molecule has 0 fully saturated rings. The zero-order chi connectivity index (χ0) is 18.2. The fraction of sp³-hybridized carbons (Fsp3) is 0.0556. The first-order valence-corrected chi connectivity index (χ1v) is 7.63. The highest BCUT2D eigenvalue weighted by atomic mass is 32.1. The Morgan fingerprint density at radius 3 is 2.48 bits per heavy atom. The van der Waals surface area contributed by atoms with Gasteiger partial charge < -0.3 is 10.1 Å². The fourth-order valence-corrected chi connectivity index (χ4v) is 2.14. The van der Waals surface area contributed by atoms with Crippen LogP contribution in [-0.4, -0.2) is 24.1 Å². The average Bonchev–Trinajstić information content (AvgIpc) is 2.61. The third-order valence-electron chi connectivity index (χ3n) is 3.11. The van der Waals surface area contributed by atoms with Crippen LogP contribution in [0.15, 0.2) is 54.6 Å². The minimum absolute atomic E-state index is 0.0325. The molecule has 2 aromatic carbocycles. The average molecular weight is 358 g/mol. The molecule has 2 rings (SSSR count). The molecule has 0 bridgehead atoms. The van der Waals surface area contributed by atoms with Gasteiger partial charge in [-0.1, -0.05) is 24.3 Å². The van der Waals surface area contributed by atoms with E-state index in [4.69, 9.17) is 12.2 Å². The summed E-state index contributed by atoms with van der Waals surface area (Å²) < 4.78 is 17.5. The Bertz CT molecular complexity index is 819. The third-order valence-corrected chi connectivity index (χ3v) is 3.32. The maximum atomic E-state index is 12.8. The van der Waals surface area contributed by atoms with Crippen molar-refractivity contribution in [3.8, 4) is 0 Å². The van der Waals surface area contributed by atoms with Crippen LogP contribution in [0, 0.1) is 5.82 Å². The van der Waals surface area contributed by atoms with Gasteiger partial charge in [0.1, 0.15) is 5.82 Å². The molecule has 0 aromatic heterocycles. The van der Waals surface area contributed by atoms with Gasteiger partial charge in [-0.15, -0.1) is 0 Å². The van der Waals surface area contributed by atoms with E-state index in [0.29, 0.717) is 16.8 Å². The number of rotatable bonds is 4. The molecule has 0 spiro atoms. The largest absolute Gasteiger partial charge is 0.465 e. The number of hydrogen-bond acceptors (Lipinski definition) is 4. The van der Waals surface area contributed by atoms with Crippen LogP contribution in [0.3, 0.4) is 0 Å². The first kappa shape index (κ1) is 18.3. The molecule has 0 atom stereocenters. The Hall–Kier alpha value is -3.06. The van der Waals surface area contributed by atoms with Crippen molar-refractivity contribution in [3.05, 3.63) is 71.6 Å². The Balaban J connectivity index is 1.97. The van der Waals surface area contributed by atoms with E-state index < -0.39 is 11.9 Å². The molecule has 0 saturated heterocycles. The van der Waals surface area contributed by atoms with Crippen molar-refractivity contribution < 1.29 is 18.7 Å². The van der Waals surface area contributed by atoms with E-state index in [9.17, 15) is 14.0 Å². The van der Waals surface area contributed by atoms with Gasteiger partial charge in [0.25, 0.3) is 0 Å². The fourth-order valence-electron chi connectivity index (χ4n) is 1.93. The van der Waals surface area contributed by atoms with Gasteiger partial charge in [0.05, 0.1) is 18.4 Å². The van der Waals surface area contributed by atoms with Gasteiger partial charge >= 0.3 is 5.97 Å². The van der Waals surface area contributed by atoms with E-state index in [-0.39, 0.29) is 10.9 Å². The van der Waals surface area contributed by atoms with Crippen LogP contribution in [0.2, 0.25) is 0 Å². The summed E-state index contributed by atoms with van der Waals surface area (Å²) in [5.74, 6) is -1.33. The van der Waals surface area contributed by atoms with Gasteiger partial charge in [0.15, 0.2) is 5.11 Å². The van der Waals surface area contributed by atoms with Gasteiger partial charge in [-0.25, -0.2) is 9.18 Å². The van der Waals surface area contributed by atoms with Crippen molar-refractivity contribution in [1.29, 1.82) is 0 Å². The number of anilines is 1. The molecule has 0 heterocycles. The van der Waals surface area contributed by atoms with Crippen LogP contribution in [0.25, 0.3) is 6.08 Å². The summed E-state index contributed by atoms with van der Waals surface area (Å²) in [6.07, 6.45) is 2.80. The van der Waals surface area contributed by atoms with Crippen LogP contribution in [0.1, 0.15) is 15.9 Å². The zero-order valence-corrected chi connectivity index (χ0v) is 14.1. The minimum Gasteiger partial charge on any atom is -0.465 e. The highest BCUT2D eigenvalue weighted by molar-refractivity contribution is 7.80. The standard InChI is InChI=1S/C18H15FN2O3S/c1-24-17(23)14-4-2-3-5-15(14)20-18(25)21-16(22)11-8-12-6-9-13(19)10-7-12/h2-11H,1H3,(H2,20,21,22,25)/b11-8+. The van der Waals surface area contributed by atoms with Crippen molar-refractivity contribution in [1.82, 2.24) is 5.32 Å². The van der Waals surface area contributed by atoms with Gasteiger partial charge in [0.2, 0.25) is 5.91 Å². The number of methoxy groups -OCH3 is 1. The molecule has 0 aliphatic rings. The number of esters is 1. The molecular formula is C18H15FN2O3S. The maximum absolute atomic E-state index is 12.8. The highest BCUT2D eigenvalue weighted by Crippen LogP contribution is 2.15. The number of benzene rings is 2. The molecule has 7 heteroatoms. The Morgan fingerprint density at radius 1 is 1.12 bits per heavy atom. The molecule has 0 unspecified atom stereocenters. The van der Waals surface area contributed by atoms with Crippen LogP contribution >= 0.6 is 12.2 Å². The second kappa shape index (κ2) is 8.70. The summed E-state index contributed by atoms with van der Waals surface area (Å²) in [7, 11) is 1.28. The molecule has 128 valence electrons. The number of ether oxygens (including phenoxy) is 1. The van der Waals surface area contributed by atoms with E-state index in [1.165, 1.54) is 31.4 Å². The lowest BCUT2D eigenvalue weighted by molar-refractivity contribution is -0.115. The molecule has 0 aliphatic carbocycles. The first-order chi connectivity index (χ1) is 12.0. The molecule has 2 N–H and O–H groups in total. The topological polar surface area (TPSA) is 67.4 Å². The quantitative estimate of drug-likeness (QED) is 0.499. The Kier molecular flexibility index (Phi) is 6.36. The summed E-state index contributed by atoms with van der Waals surface area (Å²) >= 11 is 5.06. The number of para-hydroxylation sites is 1. The van der Waals surface area contributed by atoms with Crippen molar-refractivity contribution in [2.75, 3.05) is 12.4 Å². The molecule has 2 aromatic rings. The summed E-state index contributed by atoms with van der Waals surface area (Å²) in [6.45, 7) is 0. The van der Waals surface area contributed by atoms with Crippen molar-refractivity contribution >= 4 is 41.0 Å². The van der Waals surface area contributed by atoms with Crippen LogP contribution in [0.5, 0.6) is 0 Å². The normalized spacial score (nSPS) is 10.3. The van der Waals surface area contributed by atoms with Crippen molar-refractivity contribution in [3.63, 3.8) is 0 Å². The maximum Gasteiger partial charge on any atom is 0.339 e. The number of hydrogen-bond donors (Lipinski definition) is 2. The number of nitrogens with one attached hydrogen (secondary N) is 2. The van der Waals surface area contributed by atoms with Gasteiger partial charge in [0, 0.05) is 6.08 Å². The Morgan fingerprint density at radius 2 is 1.80 bits per heavy atom. The first-order valence-electron chi connectivity index (χ1n) is 7.22. The summed E-state index contributed by atoms with van der Waals surface area (Å²) in [4.78, 5) is 23.6. The monoisotopic (exact) mass is 358 g/mol. The smallest absolute Gasteiger partial charge is 0.339 e. The molecule has 0 saturated carbocycles. The van der Waals surface area contributed by atoms with Crippen molar-refractivity contribution in [2.45, 2.75) is 0 Å². The van der Waals surface area contributed by atoms with Crippen LogP contribution < -0.4 is 10.6 Å². The summed E-state index contributed by atoms with van der Waals surface area (Å²) in [5, 5.41) is 5.27. The predicted octanol–water partition coefficient (Wildman–Crippen LogP) is 3.14. The van der Waals surface area contributed by atoms with E-state index in [1.807, 2.05) is 0 Å². The second-order valence-electron chi connectivity index (χ2n) is 4.87. The lowest BCUT2D eigenvalue weighted by Crippen LogP contribution is -2.33. The van der Waals surface area contributed by atoms with E-state index >= 15 is 0 Å². The summed E-state index contributed by atoms with van der Waals surface area (Å²) in [5.41, 5.74) is 1.39. The lowest BCUT2D eigenvalue weighted by atomic mass is 10.2. The van der Waals surface area contributed by atoms with Gasteiger partial charge in [-0.3, -0.25) is 10.1 Å². The molecule has 0 aliphatic heterocycles. The number of carbonyl (C=O) groups excluding carboxylic acids is 2.